The predicted molar refractivity (Wildman–Crippen MR) is 108 cm³/mol. The number of rotatable bonds is 6. The Morgan fingerprint density at radius 1 is 1.07 bits per heavy atom. The third kappa shape index (κ3) is 4.50. The minimum atomic E-state index is -0.248. The molecule has 0 aliphatic heterocycles. The van der Waals surface area contributed by atoms with Gasteiger partial charge in [0.2, 0.25) is 5.91 Å². The topological polar surface area (TPSA) is 74.8 Å². The zero-order valence-electron chi connectivity index (χ0n) is 15.5. The number of hydrogen-bond acceptors (Lipinski definition) is 3. The largest absolute Gasteiger partial charge is 0.326 e. The Labute approximate surface area is 158 Å². The molecule has 2 unspecified atom stereocenters. The van der Waals surface area contributed by atoms with Crippen molar-refractivity contribution in [3.8, 4) is 11.3 Å². The Bertz CT molecular complexity index is 946. The minimum Gasteiger partial charge on any atom is -0.326 e. The van der Waals surface area contributed by atoms with Crippen LogP contribution in [0, 0.1) is 5.92 Å². The first-order chi connectivity index (χ1) is 13.1. The Kier molecular flexibility index (Phi) is 5.81. The molecule has 0 radical (unpaired) electrons. The molecule has 1 heterocycles. The summed E-state index contributed by atoms with van der Waals surface area (Å²) < 4.78 is 0. The summed E-state index contributed by atoms with van der Waals surface area (Å²) in [6.07, 6.45) is 0.911. The van der Waals surface area contributed by atoms with Crippen LogP contribution in [0.3, 0.4) is 0 Å². The van der Waals surface area contributed by atoms with Crippen LogP contribution in [0.2, 0.25) is 0 Å². The van der Waals surface area contributed by atoms with Gasteiger partial charge < -0.3 is 5.32 Å². The zero-order chi connectivity index (χ0) is 19.2. The molecular formula is C22H23N3O2. The zero-order valence-corrected chi connectivity index (χ0v) is 15.5. The number of aromatic nitrogens is 2. The van der Waals surface area contributed by atoms with Gasteiger partial charge in [0.1, 0.15) is 0 Å². The van der Waals surface area contributed by atoms with Crippen LogP contribution in [-0.2, 0) is 4.79 Å². The standard InChI is InChI=1S/C22H23N3O2/c1-3-15(2)21(16-8-5-4-6-9-16)22(27)23-18-11-7-10-17(14-18)19-12-13-20(26)25-24-19/h4-15,21H,3H2,1-2H3,(H,23,27)(H,25,26). The van der Waals surface area contributed by atoms with E-state index in [0.717, 1.165) is 17.5 Å². The number of carbonyl (C=O) groups excluding carboxylic acids is 1. The van der Waals surface area contributed by atoms with E-state index in [1.165, 1.54) is 6.07 Å². The molecule has 0 spiro atoms. The third-order valence-corrected chi connectivity index (χ3v) is 4.76. The van der Waals surface area contributed by atoms with Crippen molar-refractivity contribution in [3.05, 3.63) is 82.6 Å². The second-order valence-electron chi connectivity index (χ2n) is 6.65. The second-order valence-corrected chi connectivity index (χ2v) is 6.65. The van der Waals surface area contributed by atoms with Gasteiger partial charge in [0, 0.05) is 17.3 Å². The average Bonchev–Trinajstić information content (AvgIpc) is 2.69. The third-order valence-electron chi connectivity index (χ3n) is 4.76. The fourth-order valence-corrected chi connectivity index (χ4v) is 3.12. The van der Waals surface area contributed by atoms with Crippen LogP contribution in [0.4, 0.5) is 5.69 Å². The van der Waals surface area contributed by atoms with E-state index in [1.807, 2.05) is 54.6 Å². The number of nitrogens with zero attached hydrogens (tertiary/aromatic N) is 1. The maximum absolute atomic E-state index is 13.0. The molecule has 0 aliphatic rings. The molecule has 2 aromatic carbocycles. The Morgan fingerprint density at radius 3 is 2.52 bits per heavy atom. The highest BCUT2D eigenvalue weighted by atomic mass is 16.2. The summed E-state index contributed by atoms with van der Waals surface area (Å²) in [4.78, 5) is 24.2. The van der Waals surface area contributed by atoms with Gasteiger partial charge in [-0.05, 0) is 29.7 Å². The molecule has 3 aromatic rings. The number of aromatic amines is 1. The highest BCUT2D eigenvalue weighted by molar-refractivity contribution is 5.96. The van der Waals surface area contributed by atoms with Gasteiger partial charge in [-0.3, -0.25) is 9.59 Å². The summed E-state index contributed by atoms with van der Waals surface area (Å²) in [6.45, 7) is 4.19. The number of hydrogen-bond donors (Lipinski definition) is 2. The van der Waals surface area contributed by atoms with E-state index in [1.54, 1.807) is 6.07 Å². The summed E-state index contributed by atoms with van der Waals surface area (Å²) in [5.41, 5.74) is 2.94. The first-order valence-electron chi connectivity index (χ1n) is 9.10. The number of amides is 1. The molecule has 0 saturated heterocycles. The highest BCUT2D eigenvalue weighted by Crippen LogP contribution is 2.29. The average molecular weight is 361 g/mol. The van der Waals surface area contributed by atoms with Crippen LogP contribution in [-0.4, -0.2) is 16.1 Å². The van der Waals surface area contributed by atoms with Gasteiger partial charge in [0.15, 0.2) is 0 Å². The quantitative estimate of drug-likeness (QED) is 0.691. The summed E-state index contributed by atoms with van der Waals surface area (Å²) in [7, 11) is 0. The maximum atomic E-state index is 13.0. The number of benzene rings is 2. The van der Waals surface area contributed by atoms with Gasteiger partial charge in [0.25, 0.3) is 5.56 Å². The molecule has 0 aliphatic carbocycles. The fraction of sp³-hybridized carbons (Fsp3) is 0.227. The van der Waals surface area contributed by atoms with Gasteiger partial charge in [0.05, 0.1) is 11.6 Å². The van der Waals surface area contributed by atoms with Crippen LogP contribution in [0.25, 0.3) is 11.3 Å². The molecule has 0 saturated carbocycles. The van der Waals surface area contributed by atoms with Gasteiger partial charge in [-0.2, -0.15) is 5.10 Å². The lowest BCUT2D eigenvalue weighted by atomic mass is 9.85. The van der Waals surface area contributed by atoms with Gasteiger partial charge in [-0.1, -0.05) is 62.7 Å². The SMILES string of the molecule is CCC(C)C(C(=O)Nc1cccc(-c2ccc(=O)[nH]n2)c1)c1ccccc1. The van der Waals surface area contributed by atoms with E-state index in [9.17, 15) is 9.59 Å². The molecule has 1 aromatic heterocycles. The molecule has 0 fully saturated rings. The highest BCUT2D eigenvalue weighted by Gasteiger charge is 2.25. The lowest BCUT2D eigenvalue weighted by Crippen LogP contribution is -2.26. The van der Waals surface area contributed by atoms with Gasteiger partial charge in [-0.15, -0.1) is 0 Å². The smallest absolute Gasteiger partial charge is 0.264 e. The van der Waals surface area contributed by atoms with E-state index in [-0.39, 0.29) is 23.3 Å². The molecule has 5 heteroatoms. The first-order valence-corrected chi connectivity index (χ1v) is 9.10. The maximum Gasteiger partial charge on any atom is 0.264 e. The molecular weight excluding hydrogens is 338 g/mol. The lowest BCUT2D eigenvalue weighted by Gasteiger charge is -2.23. The van der Waals surface area contributed by atoms with Gasteiger partial charge >= 0.3 is 0 Å². The van der Waals surface area contributed by atoms with Crippen LogP contribution in [0.1, 0.15) is 31.7 Å². The number of nitrogens with one attached hydrogen (secondary N) is 2. The molecule has 2 N–H and O–H groups in total. The number of carbonyl (C=O) groups is 1. The monoisotopic (exact) mass is 361 g/mol. The fourth-order valence-electron chi connectivity index (χ4n) is 3.12. The molecule has 27 heavy (non-hydrogen) atoms. The Morgan fingerprint density at radius 2 is 1.85 bits per heavy atom. The van der Waals surface area contributed by atoms with Crippen molar-refractivity contribution in [3.63, 3.8) is 0 Å². The molecule has 2 atom stereocenters. The minimum absolute atomic E-state index is 0.0258. The van der Waals surface area contributed by atoms with Crippen LogP contribution >= 0.6 is 0 Å². The lowest BCUT2D eigenvalue weighted by molar-refractivity contribution is -0.118. The summed E-state index contributed by atoms with van der Waals surface area (Å²) in [5.74, 6) is -0.0235. The van der Waals surface area contributed by atoms with Crippen molar-refractivity contribution in [2.24, 2.45) is 5.92 Å². The first kappa shape index (κ1) is 18.6. The summed E-state index contributed by atoms with van der Waals surface area (Å²) in [6, 6.07) is 20.4. The van der Waals surface area contributed by atoms with Crippen LogP contribution < -0.4 is 10.9 Å². The van der Waals surface area contributed by atoms with Crippen molar-refractivity contribution in [2.45, 2.75) is 26.2 Å². The van der Waals surface area contributed by atoms with Crippen molar-refractivity contribution in [1.29, 1.82) is 0 Å². The van der Waals surface area contributed by atoms with Crippen LogP contribution in [0.15, 0.2) is 71.5 Å². The van der Waals surface area contributed by atoms with E-state index in [2.05, 4.69) is 29.4 Å². The Balaban J connectivity index is 1.85. The van der Waals surface area contributed by atoms with Crippen molar-refractivity contribution in [1.82, 2.24) is 10.2 Å². The molecule has 5 nitrogen and oxygen atoms in total. The van der Waals surface area contributed by atoms with E-state index in [0.29, 0.717) is 11.4 Å². The molecule has 1 amide bonds. The van der Waals surface area contributed by atoms with E-state index >= 15 is 0 Å². The molecule has 3 rings (SSSR count). The number of anilines is 1. The summed E-state index contributed by atoms with van der Waals surface area (Å²) >= 11 is 0. The summed E-state index contributed by atoms with van der Waals surface area (Å²) in [5, 5.41) is 9.51. The van der Waals surface area contributed by atoms with Crippen molar-refractivity contribution in [2.75, 3.05) is 5.32 Å². The van der Waals surface area contributed by atoms with E-state index < -0.39 is 0 Å². The van der Waals surface area contributed by atoms with E-state index in [4.69, 9.17) is 0 Å². The Hall–Kier alpha value is -3.21. The predicted octanol–water partition coefficient (Wildman–Crippen LogP) is 4.21. The molecule has 0 bridgehead atoms. The van der Waals surface area contributed by atoms with Gasteiger partial charge in [-0.25, -0.2) is 5.10 Å². The molecule has 138 valence electrons. The van der Waals surface area contributed by atoms with Crippen LogP contribution in [0.5, 0.6) is 0 Å². The van der Waals surface area contributed by atoms with Crippen molar-refractivity contribution >= 4 is 11.6 Å². The van der Waals surface area contributed by atoms with Crippen molar-refractivity contribution < 1.29 is 4.79 Å². The second kappa shape index (κ2) is 8.45. The number of H-pyrrole nitrogens is 1. The normalized spacial score (nSPS) is 13.0.